The number of hydrogen-bond donors (Lipinski definition) is 0. The molecule has 0 amide bonds. The monoisotopic (exact) mass is 304 g/mol. The molecule has 3 fully saturated rings. The van der Waals surface area contributed by atoms with Crippen LogP contribution in [0.5, 0.6) is 0 Å². The largest absolute Gasteiger partial charge is 0.372 e. The Morgan fingerprint density at radius 2 is 1.44 bits per heavy atom. The second-order valence-corrected chi connectivity index (χ2v) is 9.36. The van der Waals surface area contributed by atoms with Gasteiger partial charge in [-0.05, 0) is 49.0 Å². The van der Waals surface area contributed by atoms with E-state index in [4.69, 9.17) is 4.74 Å². The summed E-state index contributed by atoms with van der Waals surface area (Å²) in [6.45, 7) is 1.02. The summed E-state index contributed by atoms with van der Waals surface area (Å²) < 4.78 is 5.26. The summed E-state index contributed by atoms with van der Waals surface area (Å²) in [7, 11) is 0. The normalized spacial score (nSPS) is 38.7. The molecule has 2 heterocycles. The molecule has 0 aromatic carbocycles. The minimum Gasteiger partial charge on any atom is -0.372 e. The number of hydrogen-bond acceptors (Lipinski definition) is 4. The molecule has 0 spiro atoms. The number of ether oxygens (including phenoxy) is 1. The first kappa shape index (κ1) is 14.0. The standard InChI is InChI=1S/C14H24OS3/c1-3-12(7-17-9-14-10-18-14)4-2-11(1)6-16-8-13-5-15-13/h11-14H,1-10H2. The van der Waals surface area contributed by atoms with Gasteiger partial charge >= 0.3 is 0 Å². The maximum Gasteiger partial charge on any atom is 0.0900 e. The SMILES string of the molecule is C1CC(CSCC2CS2)CCC1CSCC1CO1. The molecule has 0 aromatic rings. The molecule has 2 saturated heterocycles. The van der Waals surface area contributed by atoms with Gasteiger partial charge in [0.25, 0.3) is 0 Å². The zero-order chi connectivity index (χ0) is 12.2. The van der Waals surface area contributed by atoms with E-state index in [1.54, 1.807) is 0 Å². The zero-order valence-electron chi connectivity index (χ0n) is 11.0. The lowest BCUT2D eigenvalue weighted by Crippen LogP contribution is -2.18. The van der Waals surface area contributed by atoms with Crippen molar-refractivity contribution in [3.05, 3.63) is 0 Å². The predicted molar refractivity (Wildman–Crippen MR) is 86.1 cm³/mol. The highest BCUT2D eigenvalue weighted by molar-refractivity contribution is 8.08. The first-order valence-corrected chi connectivity index (χ1v) is 10.6. The van der Waals surface area contributed by atoms with E-state index in [0.717, 1.165) is 23.7 Å². The molecule has 3 rings (SSSR count). The van der Waals surface area contributed by atoms with Crippen molar-refractivity contribution in [3.8, 4) is 0 Å². The van der Waals surface area contributed by atoms with E-state index in [0.29, 0.717) is 6.10 Å². The molecule has 0 bridgehead atoms. The Hall–Kier alpha value is 1.01. The van der Waals surface area contributed by atoms with E-state index in [1.807, 2.05) is 0 Å². The summed E-state index contributed by atoms with van der Waals surface area (Å²) in [6, 6.07) is 0. The average molecular weight is 305 g/mol. The van der Waals surface area contributed by atoms with E-state index in [1.165, 1.54) is 54.4 Å². The Labute approximate surface area is 124 Å². The molecule has 104 valence electrons. The van der Waals surface area contributed by atoms with E-state index in [9.17, 15) is 0 Å². The van der Waals surface area contributed by atoms with Gasteiger partial charge in [0.05, 0.1) is 12.7 Å². The van der Waals surface area contributed by atoms with E-state index in [-0.39, 0.29) is 0 Å². The van der Waals surface area contributed by atoms with Crippen LogP contribution >= 0.6 is 35.3 Å². The second kappa shape index (κ2) is 7.14. The molecule has 3 aliphatic rings. The van der Waals surface area contributed by atoms with Crippen LogP contribution < -0.4 is 0 Å². The smallest absolute Gasteiger partial charge is 0.0900 e. The molecule has 0 aromatic heterocycles. The highest BCUT2D eigenvalue weighted by Gasteiger charge is 2.26. The van der Waals surface area contributed by atoms with Crippen LogP contribution in [0.15, 0.2) is 0 Å². The summed E-state index contributed by atoms with van der Waals surface area (Å²) in [5.41, 5.74) is 0. The lowest BCUT2D eigenvalue weighted by molar-refractivity contribution is 0.315. The number of thioether (sulfide) groups is 3. The average Bonchev–Trinajstić information content (AvgIpc) is 3.25. The summed E-state index contributed by atoms with van der Waals surface area (Å²) in [5, 5.41) is 1.02. The van der Waals surface area contributed by atoms with Crippen molar-refractivity contribution >= 4 is 35.3 Å². The van der Waals surface area contributed by atoms with Crippen LogP contribution in [0.3, 0.4) is 0 Å². The van der Waals surface area contributed by atoms with Gasteiger partial charge in [-0.1, -0.05) is 0 Å². The Balaban J connectivity index is 1.21. The molecule has 1 nitrogen and oxygen atoms in total. The minimum atomic E-state index is 0.614. The number of rotatable bonds is 8. The molecule has 0 N–H and O–H groups in total. The summed E-state index contributed by atoms with van der Waals surface area (Å²) in [4.78, 5) is 0. The van der Waals surface area contributed by atoms with Crippen LogP contribution in [-0.4, -0.2) is 46.7 Å². The fourth-order valence-electron chi connectivity index (χ4n) is 2.63. The highest BCUT2D eigenvalue weighted by atomic mass is 32.2. The highest BCUT2D eigenvalue weighted by Crippen LogP contribution is 2.36. The predicted octanol–water partition coefficient (Wildman–Crippen LogP) is 3.77. The molecule has 0 radical (unpaired) electrons. The van der Waals surface area contributed by atoms with Crippen LogP contribution in [0.25, 0.3) is 0 Å². The Morgan fingerprint density at radius 1 is 0.889 bits per heavy atom. The van der Waals surface area contributed by atoms with Crippen molar-refractivity contribution < 1.29 is 4.74 Å². The third kappa shape index (κ3) is 5.18. The van der Waals surface area contributed by atoms with E-state index >= 15 is 0 Å². The van der Waals surface area contributed by atoms with Gasteiger partial charge in [-0.15, -0.1) is 0 Å². The molecule has 2 aliphatic heterocycles. The van der Waals surface area contributed by atoms with Crippen molar-refractivity contribution in [1.29, 1.82) is 0 Å². The molecule has 4 heteroatoms. The Kier molecular flexibility index (Phi) is 5.54. The molecular weight excluding hydrogens is 280 g/mol. The lowest BCUT2D eigenvalue weighted by atomic mass is 9.84. The molecule has 1 aliphatic carbocycles. The van der Waals surface area contributed by atoms with Crippen LogP contribution in [0, 0.1) is 11.8 Å². The van der Waals surface area contributed by atoms with Gasteiger partial charge in [-0.25, -0.2) is 0 Å². The Morgan fingerprint density at radius 3 is 1.94 bits per heavy atom. The maximum absolute atomic E-state index is 5.26. The topological polar surface area (TPSA) is 12.5 Å². The van der Waals surface area contributed by atoms with Gasteiger partial charge in [0.15, 0.2) is 0 Å². The van der Waals surface area contributed by atoms with Gasteiger partial charge in [0.1, 0.15) is 0 Å². The van der Waals surface area contributed by atoms with E-state index < -0.39 is 0 Å². The van der Waals surface area contributed by atoms with Gasteiger partial charge in [0, 0.05) is 22.5 Å². The zero-order valence-corrected chi connectivity index (χ0v) is 13.5. The van der Waals surface area contributed by atoms with Gasteiger partial charge in [-0.3, -0.25) is 0 Å². The first-order valence-electron chi connectivity index (χ1n) is 7.29. The van der Waals surface area contributed by atoms with Crippen LogP contribution in [0.2, 0.25) is 0 Å². The molecule has 2 atom stereocenters. The first-order chi connectivity index (χ1) is 8.90. The van der Waals surface area contributed by atoms with Gasteiger partial charge < -0.3 is 4.74 Å². The van der Waals surface area contributed by atoms with Crippen molar-refractivity contribution in [2.24, 2.45) is 11.8 Å². The minimum absolute atomic E-state index is 0.614. The summed E-state index contributed by atoms with van der Waals surface area (Å²) >= 11 is 6.49. The molecule has 1 saturated carbocycles. The van der Waals surface area contributed by atoms with Crippen molar-refractivity contribution in [3.63, 3.8) is 0 Å². The fraction of sp³-hybridized carbons (Fsp3) is 1.00. The third-order valence-corrected chi connectivity index (χ3v) is 7.93. The van der Waals surface area contributed by atoms with Crippen LogP contribution in [0.1, 0.15) is 25.7 Å². The molecular formula is C14H24OS3. The van der Waals surface area contributed by atoms with Crippen LogP contribution in [0.4, 0.5) is 0 Å². The fourth-order valence-corrected chi connectivity index (χ4v) is 6.14. The third-order valence-electron chi connectivity index (χ3n) is 4.09. The molecule has 2 unspecified atom stereocenters. The Bertz CT molecular complexity index is 219. The summed E-state index contributed by atoms with van der Waals surface area (Å²) in [5.74, 6) is 8.96. The van der Waals surface area contributed by atoms with Crippen molar-refractivity contribution in [1.82, 2.24) is 0 Å². The van der Waals surface area contributed by atoms with Crippen molar-refractivity contribution in [2.75, 3.05) is 35.4 Å². The number of epoxide rings is 1. The maximum atomic E-state index is 5.26. The van der Waals surface area contributed by atoms with Crippen LogP contribution in [-0.2, 0) is 4.74 Å². The molecule has 18 heavy (non-hydrogen) atoms. The summed E-state index contributed by atoms with van der Waals surface area (Å²) in [6.07, 6.45) is 6.58. The second-order valence-electron chi connectivity index (χ2n) is 5.87. The quantitative estimate of drug-likeness (QED) is 0.633. The van der Waals surface area contributed by atoms with Crippen molar-refractivity contribution in [2.45, 2.75) is 37.0 Å². The lowest BCUT2D eigenvalue weighted by Gasteiger charge is -2.28. The van der Waals surface area contributed by atoms with Gasteiger partial charge in [0.2, 0.25) is 0 Å². The van der Waals surface area contributed by atoms with Gasteiger partial charge in [-0.2, -0.15) is 35.3 Å². The van der Waals surface area contributed by atoms with E-state index in [2.05, 4.69) is 35.3 Å².